The molecule has 17 heavy (non-hydrogen) atoms. The second kappa shape index (κ2) is 5.68. The van der Waals surface area contributed by atoms with Crippen LogP contribution >= 0.6 is 0 Å². The van der Waals surface area contributed by atoms with E-state index < -0.39 is 0 Å². The number of hydrogen-bond donors (Lipinski definition) is 1. The van der Waals surface area contributed by atoms with Crippen LogP contribution in [0.2, 0.25) is 0 Å². The summed E-state index contributed by atoms with van der Waals surface area (Å²) in [6.07, 6.45) is 8.27. The van der Waals surface area contributed by atoms with Crippen LogP contribution in [0.3, 0.4) is 0 Å². The highest BCUT2D eigenvalue weighted by Gasteiger charge is 2.33. The van der Waals surface area contributed by atoms with Gasteiger partial charge in [-0.1, -0.05) is 0 Å². The van der Waals surface area contributed by atoms with E-state index in [1.165, 1.54) is 51.6 Å². The lowest BCUT2D eigenvalue weighted by atomic mass is 9.86. The van der Waals surface area contributed by atoms with Gasteiger partial charge in [-0.3, -0.25) is 0 Å². The first-order valence-corrected chi connectivity index (χ1v) is 7.12. The molecule has 2 fully saturated rings. The molecule has 2 unspecified atom stereocenters. The van der Waals surface area contributed by atoms with Gasteiger partial charge in [0, 0.05) is 31.8 Å². The summed E-state index contributed by atoms with van der Waals surface area (Å²) in [7, 11) is 3.96. The topological polar surface area (TPSA) is 24.5 Å². The lowest BCUT2D eigenvalue weighted by Gasteiger charge is -2.44. The highest BCUT2D eigenvalue weighted by molar-refractivity contribution is 4.91. The minimum atomic E-state index is 0.367. The molecular weight excluding hydrogens is 212 g/mol. The Bertz CT molecular complexity index is 236. The van der Waals surface area contributed by atoms with Gasteiger partial charge in [-0.2, -0.15) is 0 Å². The average Bonchev–Trinajstić information content (AvgIpc) is 2.40. The van der Waals surface area contributed by atoms with Crippen LogP contribution in [0, 0.1) is 0 Å². The standard InChI is InChI=1S/C14H28N2O/c1-14(15-2)7-9-16(10-8-14)12-5-4-6-13(11-12)17-3/h12-13,15H,4-11H2,1-3H3. The van der Waals surface area contributed by atoms with Crippen molar-refractivity contribution >= 4 is 0 Å². The van der Waals surface area contributed by atoms with Crippen molar-refractivity contribution in [2.24, 2.45) is 0 Å². The fourth-order valence-electron chi connectivity index (χ4n) is 3.30. The van der Waals surface area contributed by atoms with Crippen LogP contribution in [-0.2, 0) is 4.74 Å². The third-order valence-corrected chi connectivity index (χ3v) is 4.95. The van der Waals surface area contributed by atoms with Crippen LogP contribution in [0.25, 0.3) is 0 Å². The van der Waals surface area contributed by atoms with Gasteiger partial charge >= 0.3 is 0 Å². The van der Waals surface area contributed by atoms with E-state index in [2.05, 4.69) is 24.2 Å². The maximum absolute atomic E-state index is 5.54. The van der Waals surface area contributed by atoms with Gasteiger partial charge in [-0.25, -0.2) is 0 Å². The van der Waals surface area contributed by atoms with Crippen molar-refractivity contribution in [2.75, 3.05) is 27.2 Å². The Balaban J connectivity index is 1.84. The van der Waals surface area contributed by atoms with Gasteiger partial charge in [0.1, 0.15) is 0 Å². The summed E-state index contributed by atoms with van der Waals surface area (Å²) in [5.74, 6) is 0. The molecule has 1 N–H and O–H groups in total. The molecule has 2 atom stereocenters. The van der Waals surface area contributed by atoms with E-state index in [9.17, 15) is 0 Å². The largest absolute Gasteiger partial charge is 0.381 e. The van der Waals surface area contributed by atoms with Crippen molar-refractivity contribution in [2.45, 2.75) is 63.1 Å². The first-order valence-electron chi connectivity index (χ1n) is 7.12. The van der Waals surface area contributed by atoms with Gasteiger partial charge in [0.05, 0.1) is 6.10 Å². The molecule has 0 bridgehead atoms. The number of hydrogen-bond acceptors (Lipinski definition) is 3. The number of likely N-dealkylation sites (tertiary alicyclic amines) is 1. The Kier molecular flexibility index (Phi) is 4.45. The summed E-state index contributed by atoms with van der Waals surface area (Å²) in [5.41, 5.74) is 0.367. The van der Waals surface area contributed by atoms with E-state index in [4.69, 9.17) is 4.74 Å². The minimum Gasteiger partial charge on any atom is -0.381 e. The average molecular weight is 240 g/mol. The molecule has 100 valence electrons. The van der Waals surface area contributed by atoms with E-state index in [1.54, 1.807) is 0 Å². The molecule has 3 heteroatoms. The van der Waals surface area contributed by atoms with Crippen LogP contribution in [0.4, 0.5) is 0 Å². The number of nitrogens with one attached hydrogen (secondary N) is 1. The zero-order chi connectivity index (χ0) is 12.3. The van der Waals surface area contributed by atoms with Crippen molar-refractivity contribution in [1.29, 1.82) is 0 Å². The predicted molar refractivity (Wildman–Crippen MR) is 71.3 cm³/mol. The van der Waals surface area contributed by atoms with Gasteiger partial charge < -0.3 is 15.0 Å². The molecule has 1 saturated carbocycles. The first kappa shape index (κ1) is 13.3. The summed E-state index contributed by atoms with van der Waals surface area (Å²) in [6.45, 7) is 4.85. The Morgan fingerprint density at radius 1 is 1.24 bits per heavy atom. The molecule has 0 aromatic rings. The summed E-state index contributed by atoms with van der Waals surface area (Å²) in [6, 6.07) is 0.773. The van der Waals surface area contributed by atoms with Crippen LogP contribution in [0.15, 0.2) is 0 Å². The molecule has 1 heterocycles. The molecule has 3 nitrogen and oxygen atoms in total. The Hall–Kier alpha value is -0.120. The number of nitrogens with zero attached hydrogens (tertiary/aromatic N) is 1. The van der Waals surface area contributed by atoms with Crippen molar-refractivity contribution in [3.8, 4) is 0 Å². The molecular formula is C14H28N2O. The highest BCUT2D eigenvalue weighted by atomic mass is 16.5. The van der Waals surface area contributed by atoms with Gasteiger partial charge in [0.15, 0.2) is 0 Å². The number of piperidine rings is 1. The van der Waals surface area contributed by atoms with E-state index in [0.29, 0.717) is 11.6 Å². The first-order chi connectivity index (χ1) is 8.17. The third-order valence-electron chi connectivity index (χ3n) is 4.95. The number of methoxy groups -OCH3 is 1. The van der Waals surface area contributed by atoms with Crippen molar-refractivity contribution in [3.05, 3.63) is 0 Å². The van der Waals surface area contributed by atoms with Crippen LogP contribution < -0.4 is 5.32 Å². The maximum atomic E-state index is 5.54. The van der Waals surface area contributed by atoms with Gasteiger partial charge in [0.25, 0.3) is 0 Å². The SMILES string of the molecule is CNC1(C)CCN(C2CCCC(OC)C2)CC1. The number of ether oxygens (including phenoxy) is 1. The summed E-state index contributed by atoms with van der Waals surface area (Å²) in [5, 5.41) is 3.47. The van der Waals surface area contributed by atoms with Crippen molar-refractivity contribution in [3.63, 3.8) is 0 Å². The third kappa shape index (κ3) is 3.21. The molecule has 0 aromatic carbocycles. The van der Waals surface area contributed by atoms with Gasteiger partial charge in [0.2, 0.25) is 0 Å². The summed E-state index contributed by atoms with van der Waals surface area (Å²) in [4.78, 5) is 2.70. The van der Waals surface area contributed by atoms with E-state index in [0.717, 1.165) is 6.04 Å². The minimum absolute atomic E-state index is 0.367. The fourth-order valence-corrected chi connectivity index (χ4v) is 3.30. The number of rotatable bonds is 3. The molecule has 0 aromatic heterocycles. The molecule has 0 spiro atoms. The zero-order valence-corrected chi connectivity index (χ0v) is 11.7. The molecule has 0 amide bonds. The fraction of sp³-hybridized carbons (Fsp3) is 1.00. The summed E-state index contributed by atoms with van der Waals surface area (Å²) >= 11 is 0. The quantitative estimate of drug-likeness (QED) is 0.817. The maximum Gasteiger partial charge on any atom is 0.0586 e. The molecule has 1 aliphatic carbocycles. The second-order valence-electron chi connectivity index (χ2n) is 6.02. The normalized spacial score (nSPS) is 34.8. The van der Waals surface area contributed by atoms with Gasteiger partial charge in [-0.05, 0) is 52.5 Å². The Morgan fingerprint density at radius 2 is 1.94 bits per heavy atom. The van der Waals surface area contributed by atoms with Crippen LogP contribution in [-0.4, -0.2) is 49.8 Å². The van der Waals surface area contributed by atoms with Crippen LogP contribution in [0.1, 0.15) is 45.4 Å². The molecule has 0 radical (unpaired) electrons. The van der Waals surface area contributed by atoms with E-state index in [1.807, 2.05) is 7.11 Å². The van der Waals surface area contributed by atoms with Gasteiger partial charge in [-0.15, -0.1) is 0 Å². The monoisotopic (exact) mass is 240 g/mol. The summed E-state index contributed by atoms with van der Waals surface area (Å²) < 4.78 is 5.54. The zero-order valence-electron chi connectivity index (χ0n) is 11.7. The van der Waals surface area contributed by atoms with Crippen molar-refractivity contribution in [1.82, 2.24) is 10.2 Å². The lowest BCUT2D eigenvalue weighted by molar-refractivity contribution is 0.0141. The molecule has 1 aliphatic heterocycles. The van der Waals surface area contributed by atoms with E-state index >= 15 is 0 Å². The Labute approximate surface area is 106 Å². The smallest absolute Gasteiger partial charge is 0.0586 e. The molecule has 1 saturated heterocycles. The second-order valence-corrected chi connectivity index (χ2v) is 6.02. The van der Waals surface area contributed by atoms with E-state index in [-0.39, 0.29) is 0 Å². The Morgan fingerprint density at radius 3 is 2.53 bits per heavy atom. The highest BCUT2D eigenvalue weighted by Crippen LogP contribution is 2.29. The van der Waals surface area contributed by atoms with Crippen LogP contribution in [0.5, 0.6) is 0 Å². The lowest BCUT2D eigenvalue weighted by Crippen LogP contribution is -2.53. The van der Waals surface area contributed by atoms with Crippen molar-refractivity contribution < 1.29 is 4.74 Å². The predicted octanol–water partition coefficient (Wildman–Crippen LogP) is 2.02. The molecule has 2 aliphatic rings. The molecule has 2 rings (SSSR count).